The highest BCUT2D eigenvalue weighted by Crippen LogP contribution is 2.27. The van der Waals surface area contributed by atoms with Crippen molar-refractivity contribution in [1.29, 1.82) is 0 Å². The summed E-state index contributed by atoms with van der Waals surface area (Å²) in [7, 11) is 0. The van der Waals surface area contributed by atoms with Gasteiger partial charge in [-0.15, -0.1) is 11.3 Å². The molecule has 0 N–H and O–H groups in total. The molecule has 0 aliphatic carbocycles. The first-order chi connectivity index (χ1) is 11.8. The number of aryl methyl sites for hydroxylation is 1. The second-order valence-corrected chi connectivity index (χ2v) is 7.33. The highest BCUT2D eigenvalue weighted by atomic mass is 32.1. The van der Waals surface area contributed by atoms with Crippen molar-refractivity contribution in [3.8, 4) is 0 Å². The zero-order chi connectivity index (χ0) is 16.4. The van der Waals surface area contributed by atoms with Crippen molar-refractivity contribution >= 4 is 27.4 Å². The Hall–Kier alpha value is -1.98. The van der Waals surface area contributed by atoms with E-state index in [0.717, 1.165) is 43.4 Å². The average molecular weight is 338 g/mol. The molecule has 2 aromatic heterocycles. The third kappa shape index (κ3) is 3.28. The van der Waals surface area contributed by atoms with Crippen molar-refractivity contribution in [3.63, 3.8) is 0 Å². The van der Waals surface area contributed by atoms with Gasteiger partial charge in [0.05, 0.1) is 5.39 Å². The maximum absolute atomic E-state index is 4.57. The predicted molar refractivity (Wildman–Crippen MR) is 101 cm³/mol. The minimum atomic E-state index is 1.02. The van der Waals surface area contributed by atoms with Gasteiger partial charge in [-0.05, 0) is 30.4 Å². The van der Waals surface area contributed by atoms with Gasteiger partial charge in [-0.2, -0.15) is 0 Å². The van der Waals surface area contributed by atoms with E-state index in [-0.39, 0.29) is 0 Å². The van der Waals surface area contributed by atoms with Gasteiger partial charge in [0.25, 0.3) is 0 Å². The van der Waals surface area contributed by atoms with E-state index >= 15 is 0 Å². The van der Waals surface area contributed by atoms with Gasteiger partial charge in [0.15, 0.2) is 0 Å². The number of hydrogen-bond acceptors (Lipinski definition) is 5. The summed E-state index contributed by atoms with van der Waals surface area (Å²) in [6, 6.07) is 11.0. The van der Waals surface area contributed by atoms with Crippen LogP contribution in [0.5, 0.6) is 0 Å². The molecule has 1 aromatic carbocycles. The number of hydrogen-bond donors (Lipinski definition) is 0. The molecule has 0 unspecified atom stereocenters. The number of rotatable bonds is 3. The Morgan fingerprint density at radius 2 is 1.88 bits per heavy atom. The number of aromatic nitrogens is 2. The van der Waals surface area contributed by atoms with E-state index in [0.29, 0.717) is 0 Å². The summed E-state index contributed by atoms with van der Waals surface area (Å²) in [5.74, 6) is 1.10. The topological polar surface area (TPSA) is 32.3 Å². The Morgan fingerprint density at radius 1 is 1.00 bits per heavy atom. The lowest BCUT2D eigenvalue weighted by Gasteiger charge is -2.23. The molecule has 1 fully saturated rings. The molecule has 3 heterocycles. The van der Waals surface area contributed by atoms with Crippen LogP contribution in [0.4, 0.5) is 5.82 Å². The van der Waals surface area contributed by atoms with Crippen molar-refractivity contribution in [1.82, 2.24) is 14.9 Å². The van der Waals surface area contributed by atoms with E-state index in [1.54, 1.807) is 17.7 Å². The van der Waals surface area contributed by atoms with Crippen LogP contribution >= 0.6 is 11.3 Å². The van der Waals surface area contributed by atoms with Gasteiger partial charge < -0.3 is 4.90 Å². The molecule has 24 heavy (non-hydrogen) atoms. The van der Waals surface area contributed by atoms with Gasteiger partial charge in [0, 0.05) is 32.7 Å². The standard InChI is InChI=1S/C19H22N4S/c1-15-3-5-16(6-4-15)13-22-8-2-9-23(11-10-22)18-17-7-12-24-19(17)21-14-20-18/h3-7,12,14H,2,8-11,13H2,1H3. The molecule has 1 aliphatic heterocycles. The predicted octanol–water partition coefficient (Wildman–Crippen LogP) is 3.71. The monoisotopic (exact) mass is 338 g/mol. The molecule has 1 aliphatic rings. The fourth-order valence-corrected chi connectivity index (χ4v) is 4.05. The molecule has 0 bridgehead atoms. The molecule has 124 valence electrons. The second kappa shape index (κ2) is 6.87. The number of nitrogens with zero attached hydrogens (tertiary/aromatic N) is 4. The van der Waals surface area contributed by atoms with Gasteiger partial charge in [0.1, 0.15) is 17.0 Å². The molecular formula is C19H22N4S. The summed E-state index contributed by atoms with van der Waals surface area (Å²) in [6.45, 7) is 7.47. The molecule has 0 spiro atoms. The second-order valence-electron chi connectivity index (χ2n) is 6.44. The molecule has 4 rings (SSSR count). The van der Waals surface area contributed by atoms with Crippen molar-refractivity contribution in [2.45, 2.75) is 19.9 Å². The number of benzene rings is 1. The van der Waals surface area contributed by atoms with E-state index < -0.39 is 0 Å². The van der Waals surface area contributed by atoms with Crippen LogP contribution in [0, 0.1) is 6.92 Å². The Bertz CT molecular complexity index is 812. The van der Waals surface area contributed by atoms with Crippen LogP contribution < -0.4 is 4.90 Å². The van der Waals surface area contributed by atoms with E-state index in [1.165, 1.54) is 22.9 Å². The van der Waals surface area contributed by atoms with Crippen molar-refractivity contribution in [2.24, 2.45) is 0 Å². The van der Waals surface area contributed by atoms with Crippen molar-refractivity contribution in [2.75, 3.05) is 31.1 Å². The minimum Gasteiger partial charge on any atom is -0.355 e. The van der Waals surface area contributed by atoms with E-state index in [1.807, 2.05) is 0 Å². The third-order valence-electron chi connectivity index (χ3n) is 4.66. The van der Waals surface area contributed by atoms with Crippen LogP contribution in [0.2, 0.25) is 0 Å². The number of anilines is 1. The molecule has 0 atom stereocenters. The summed E-state index contributed by atoms with van der Waals surface area (Å²) in [5, 5.41) is 3.29. The number of fused-ring (bicyclic) bond motifs is 1. The smallest absolute Gasteiger partial charge is 0.140 e. The zero-order valence-electron chi connectivity index (χ0n) is 14.0. The molecule has 0 radical (unpaired) electrons. The van der Waals surface area contributed by atoms with E-state index in [4.69, 9.17) is 0 Å². The van der Waals surface area contributed by atoms with Crippen molar-refractivity contribution < 1.29 is 0 Å². The first kappa shape index (κ1) is 15.5. The molecule has 4 nitrogen and oxygen atoms in total. The SMILES string of the molecule is Cc1ccc(CN2CCCN(c3ncnc4sccc34)CC2)cc1. The van der Waals surface area contributed by atoms with Gasteiger partial charge in [-0.3, -0.25) is 4.90 Å². The van der Waals surface area contributed by atoms with Crippen molar-refractivity contribution in [3.05, 3.63) is 53.2 Å². The largest absolute Gasteiger partial charge is 0.355 e. The Balaban J connectivity index is 1.46. The highest BCUT2D eigenvalue weighted by Gasteiger charge is 2.18. The molecule has 0 saturated carbocycles. The van der Waals surface area contributed by atoms with Crippen LogP contribution in [0.3, 0.4) is 0 Å². The molecule has 3 aromatic rings. The first-order valence-electron chi connectivity index (χ1n) is 8.51. The van der Waals surface area contributed by atoms with Crippen LogP contribution in [-0.2, 0) is 6.54 Å². The maximum Gasteiger partial charge on any atom is 0.140 e. The Morgan fingerprint density at radius 3 is 2.75 bits per heavy atom. The lowest BCUT2D eigenvalue weighted by Crippen LogP contribution is -2.31. The zero-order valence-corrected chi connectivity index (χ0v) is 14.8. The van der Waals surface area contributed by atoms with Crippen LogP contribution in [-0.4, -0.2) is 41.0 Å². The Labute approximate surface area is 146 Å². The third-order valence-corrected chi connectivity index (χ3v) is 5.48. The Kier molecular flexibility index (Phi) is 4.45. The maximum atomic E-state index is 4.57. The fourth-order valence-electron chi connectivity index (χ4n) is 3.32. The first-order valence-corrected chi connectivity index (χ1v) is 9.38. The van der Waals surface area contributed by atoms with Gasteiger partial charge >= 0.3 is 0 Å². The molecule has 1 saturated heterocycles. The summed E-state index contributed by atoms with van der Waals surface area (Å²) in [4.78, 5) is 15.0. The number of thiophene rings is 1. The van der Waals surface area contributed by atoms with E-state index in [2.05, 4.69) is 62.4 Å². The molecule has 0 amide bonds. The summed E-state index contributed by atoms with van der Waals surface area (Å²) in [5.41, 5.74) is 2.72. The van der Waals surface area contributed by atoms with Gasteiger partial charge in [0.2, 0.25) is 0 Å². The van der Waals surface area contributed by atoms with Gasteiger partial charge in [-0.1, -0.05) is 29.8 Å². The molecule has 5 heteroatoms. The highest BCUT2D eigenvalue weighted by molar-refractivity contribution is 7.16. The fraction of sp³-hybridized carbons (Fsp3) is 0.368. The summed E-state index contributed by atoms with van der Waals surface area (Å²) in [6.07, 6.45) is 2.87. The minimum absolute atomic E-state index is 1.02. The van der Waals surface area contributed by atoms with Crippen LogP contribution in [0.15, 0.2) is 42.0 Å². The van der Waals surface area contributed by atoms with Crippen LogP contribution in [0.25, 0.3) is 10.2 Å². The van der Waals surface area contributed by atoms with Gasteiger partial charge in [-0.25, -0.2) is 9.97 Å². The lowest BCUT2D eigenvalue weighted by atomic mass is 10.1. The summed E-state index contributed by atoms with van der Waals surface area (Å²) >= 11 is 1.69. The molecular weight excluding hydrogens is 316 g/mol. The summed E-state index contributed by atoms with van der Waals surface area (Å²) < 4.78 is 0. The van der Waals surface area contributed by atoms with Crippen LogP contribution in [0.1, 0.15) is 17.5 Å². The normalized spacial score (nSPS) is 16.5. The average Bonchev–Trinajstić information content (AvgIpc) is 2.97. The quantitative estimate of drug-likeness (QED) is 0.729. The van der Waals surface area contributed by atoms with E-state index in [9.17, 15) is 0 Å². The lowest BCUT2D eigenvalue weighted by molar-refractivity contribution is 0.285.